The monoisotopic (exact) mass is 333 g/mol. The summed E-state index contributed by atoms with van der Waals surface area (Å²) in [6.45, 7) is 0. The maximum Gasteiger partial charge on any atom is 0.255 e. The molecule has 0 bridgehead atoms. The maximum absolute atomic E-state index is 12.2. The molecular weight excluding hydrogens is 318 g/mol. The van der Waals surface area contributed by atoms with Gasteiger partial charge in [-0.1, -0.05) is 12.1 Å². The molecule has 0 radical (unpaired) electrons. The van der Waals surface area contributed by atoms with Crippen molar-refractivity contribution in [1.82, 2.24) is 4.72 Å². The largest absolute Gasteiger partial charge is 0.366 e. The summed E-state index contributed by atoms with van der Waals surface area (Å²) in [6.07, 6.45) is 0. The molecule has 2 aromatic rings. The molecule has 7 nitrogen and oxygen atoms in total. The molecule has 0 aromatic heterocycles. The van der Waals surface area contributed by atoms with Crippen molar-refractivity contribution in [3.8, 4) is 0 Å². The molecule has 2 amide bonds. The van der Waals surface area contributed by atoms with Crippen LogP contribution in [0.25, 0.3) is 0 Å². The molecule has 0 aliphatic rings. The molecule has 0 aliphatic heterocycles. The average Bonchev–Trinajstić information content (AvgIpc) is 2.55. The number of sulfonamides is 1. The van der Waals surface area contributed by atoms with E-state index in [1.165, 1.54) is 37.4 Å². The zero-order valence-corrected chi connectivity index (χ0v) is 13.1. The lowest BCUT2D eigenvalue weighted by Crippen LogP contribution is -2.19. The van der Waals surface area contributed by atoms with Gasteiger partial charge in [-0.3, -0.25) is 9.59 Å². The number of anilines is 1. The van der Waals surface area contributed by atoms with Crippen LogP contribution in [0.5, 0.6) is 0 Å². The Morgan fingerprint density at radius 3 is 2.17 bits per heavy atom. The highest BCUT2D eigenvalue weighted by Gasteiger charge is 2.14. The lowest BCUT2D eigenvalue weighted by atomic mass is 10.1. The summed E-state index contributed by atoms with van der Waals surface area (Å²) in [5.41, 5.74) is 5.98. The Bertz CT molecular complexity index is 845. The summed E-state index contributed by atoms with van der Waals surface area (Å²) in [6, 6.07) is 11.7. The highest BCUT2D eigenvalue weighted by atomic mass is 32.2. The fraction of sp³-hybridized carbons (Fsp3) is 0.0667. The summed E-state index contributed by atoms with van der Waals surface area (Å²) in [5.74, 6) is -1.14. The van der Waals surface area contributed by atoms with Gasteiger partial charge in [0.15, 0.2) is 0 Å². The third kappa shape index (κ3) is 3.74. The van der Waals surface area contributed by atoms with Gasteiger partial charge >= 0.3 is 0 Å². The highest BCUT2D eigenvalue weighted by Crippen LogP contribution is 2.16. The molecule has 0 saturated heterocycles. The fourth-order valence-corrected chi connectivity index (χ4v) is 2.63. The molecule has 4 N–H and O–H groups in total. The molecule has 0 unspecified atom stereocenters. The van der Waals surface area contributed by atoms with Crippen molar-refractivity contribution in [2.24, 2.45) is 5.73 Å². The van der Waals surface area contributed by atoms with E-state index in [-0.39, 0.29) is 21.7 Å². The van der Waals surface area contributed by atoms with Crippen LogP contribution >= 0.6 is 0 Å². The van der Waals surface area contributed by atoms with E-state index >= 15 is 0 Å². The first kappa shape index (κ1) is 16.7. The van der Waals surface area contributed by atoms with Crippen LogP contribution in [0.1, 0.15) is 20.7 Å². The van der Waals surface area contributed by atoms with Crippen LogP contribution in [0.4, 0.5) is 5.69 Å². The number of primary amides is 1. The number of hydrogen-bond acceptors (Lipinski definition) is 4. The number of nitrogens with one attached hydrogen (secondary N) is 2. The molecule has 0 spiro atoms. The number of hydrogen-bond donors (Lipinski definition) is 3. The average molecular weight is 333 g/mol. The third-order valence-electron chi connectivity index (χ3n) is 3.14. The van der Waals surface area contributed by atoms with Gasteiger partial charge in [-0.25, -0.2) is 13.1 Å². The van der Waals surface area contributed by atoms with Crippen molar-refractivity contribution in [3.05, 3.63) is 59.7 Å². The minimum Gasteiger partial charge on any atom is -0.366 e. The first-order chi connectivity index (χ1) is 10.8. The summed E-state index contributed by atoms with van der Waals surface area (Å²) >= 11 is 0. The SMILES string of the molecule is CNS(=O)(=O)c1ccc(C(=O)Nc2ccccc2C(N)=O)cc1. The Balaban J connectivity index is 2.24. The first-order valence-corrected chi connectivity index (χ1v) is 8.07. The van der Waals surface area contributed by atoms with Crippen LogP contribution in [0.2, 0.25) is 0 Å². The van der Waals surface area contributed by atoms with E-state index in [0.717, 1.165) is 0 Å². The standard InChI is InChI=1S/C15H15N3O4S/c1-17-23(21,22)11-8-6-10(7-9-11)15(20)18-13-5-3-2-4-12(13)14(16)19/h2-9,17H,1H3,(H2,16,19)(H,18,20). The molecule has 2 aromatic carbocycles. The van der Waals surface area contributed by atoms with Crippen molar-refractivity contribution in [1.29, 1.82) is 0 Å². The van der Waals surface area contributed by atoms with E-state index in [4.69, 9.17) is 5.73 Å². The van der Waals surface area contributed by atoms with E-state index in [1.807, 2.05) is 0 Å². The number of carbonyl (C=O) groups excluding carboxylic acids is 2. The van der Waals surface area contributed by atoms with E-state index in [2.05, 4.69) is 10.0 Å². The predicted molar refractivity (Wildman–Crippen MR) is 85.6 cm³/mol. The summed E-state index contributed by atoms with van der Waals surface area (Å²) in [7, 11) is -2.26. The van der Waals surface area contributed by atoms with Crippen LogP contribution < -0.4 is 15.8 Å². The van der Waals surface area contributed by atoms with Gasteiger partial charge < -0.3 is 11.1 Å². The van der Waals surface area contributed by atoms with Gasteiger partial charge in [0.1, 0.15) is 0 Å². The number of carbonyl (C=O) groups is 2. The number of rotatable bonds is 5. The van der Waals surface area contributed by atoms with E-state index in [0.29, 0.717) is 0 Å². The molecule has 0 fully saturated rings. The van der Waals surface area contributed by atoms with Gasteiger partial charge in [0, 0.05) is 5.56 Å². The van der Waals surface area contributed by atoms with Gasteiger partial charge in [0.25, 0.3) is 11.8 Å². The molecule has 0 saturated carbocycles. The van der Waals surface area contributed by atoms with Crippen LogP contribution in [0.15, 0.2) is 53.4 Å². The van der Waals surface area contributed by atoms with Gasteiger partial charge in [-0.05, 0) is 43.4 Å². The molecule has 23 heavy (non-hydrogen) atoms. The second kappa shape index (κ2) is 6.59. The zero-order chi connectivity index (χ0) is 17.0. The van der Waals surface area contributed by atoms with Crippen LogP contribution in [0, 0.1) is 0 Å². The lowest BCUT2D eigenvalue weighted by molar-refractivity contribution is 0.100. The summed E-state index contributed by atoms with van der Waals surface area (Å²) in [4.78, 5) is 23.6. The number of nitrogens with two attached hydrogens (primary N) is 1. The first-order valence-electron chi connectivity index (χ1n) is 6.59. The lowest BCUT2D eigenvalue weighted by Gasteiger charge is -2.09. The van der Waals surface area contributed by atoms with Crippen molar-refractivity contribution < 1.29 is 18.0 Å². The molecular formula is C15H15N3O4S. The summed E-state index contributed by atoms with van der Waals surface area (Å²) in [5, 5.41) is 2.58. The van der Waals surface area contributed by atoms with Crippen LogP contribution in [-0.4, -0.2) is 27.3 Å². The second-order valence-corrected chi connectivity index (χ2v) is 6.48. The summed E-state index contributed by atoms with van der Waals surface area (Å²) < 4.78 is 25.4. The Morgan fingerprint density at radius 2 is 1.61 bits per heavy atom. The molecule has 0 atom stereocenters. The molecule has 0 aliphatic carbocycles. The van der Waals surface area contributed by atoms with Crippen molar-refractivity contribution in [2.45, 2.75) is 4.90 Å². The normalized spacial score (nSPS) is 11.0. The topological polar surface area (TPSA) is 118 Å². The molecule has 0 heterocycles. The Hall–Kier alpha value is -2.71. The minimum absolute atomic E-state index is 0.0501. The van der Waals surface area contributed by atoms with Gasteiger partial charge in [0.2, 0.25) is 10.0 Å². The molecule has 8 heteroatoms. The minimum atomic E-state index is -3.56. The smallest absolute Gasteiger partial charge is 0.255 e. The fourth-order valence-electron chi connectivity index (χ4n) is 1.90. The van der Waals surface area contributed by atoms with Gasteiger partial charge in [-0.15, -0.1) is 0 Å². The van der Waals surface area contributed by atoms with Gasteiger partial charge in [-0.2, -0.15) is 0 Å². The second-order valence-electron chi connectivity index (χ2n) is 4.60. The maximum atomic E-state index is 12.2. The number of amides is 2. The molecule has 2 rings (SSSR count). The van der Waals surface area contributed by atoms with Crippen LogP contribution in [-0.2, 0) is 10.0 Å². The van der Waals surface area contributed by atoms with Crippen molar-refractivity contribution in [3.63, 3.8) is 0 Å². The zero-order valence-electron chi connectivity index (χ0n) is 12.2. The number of para-hydroxylation sites is 1. The van der Waals surface area contributed by atoms with Crippen molar-refractivity contribution in [2.75, 3.05) is 12.4 Å². The van der Waals surface area contributed by atoms with Crippen LogP contribution in [0.3, 0.4) is 0 Å². The third-order valence-corrected chi connectivity index (χ3v) is 4.57. The Kier molecular flexibility index (Phi) is 4.77. The predicted octanol–water partition coefficient (Wildman–Crippen LogP) is 0.946. The number of benzene rings is 2. The highest BCUT2D eigenvalue weighted by molar-refractivity contribution is 7.89. The Labute approximate surface area is 133 Å². The van der Waals surface area contributed by atoms with Gasteiger partial charge in [0.05, 0.1) is 16.1 Å². The van der Waals surface area contributed by atoms with E-state index < -0.39 is 21.8 Å². The molecule has 120 valence electrons. The Morgan fingerprint density at radius 1 is 1.00 bits per heavy atom. The van der Waals surface area contributed by atoms with Crippen molar-refractivity contribution >= 4 is 27.5 Å². The van der Waals surface area contributed by atoms with E-state index in [9.17, 15) is 18.0 Å². The van der Waals surface area contributed by atoms with E-state index in [1.54, 1.807) is 18.2 Å². The quantitative estimate of drug-likeness (QED) is 0.754.